The molecule has 2 fully saturated rings. The summed E-state index contributed by atoms with van der Waals surface area (Å²) in [5.74, 6) is 1.72. The first kappa shape index (κ1) is 18.5. The number of nitrogens with zero attached hydrogens (tertiary/aromatic N) is 3. The maximum absolute atomic E-state index is 4.44. The minimum atomic E-state index is 0.529. The Morgan fingerprint density at radius 3 is 2.80 bits per heavy atom. The Morgan fingerprint density at radius 1 is 1.28 bits per heavy atom. The van der Waals surface area contributed by atoms with Gasteiger partial charge in [-0.2, -0.15) is 0 Å². The van der Waals surface area contributed by atoms with Gasteiger partial charge in [-0.05, 0) is 62.2 Å². The Bertz CT molecular complexity index is 522. The molecule has 0 radical (unpaired) electrons. The summed E-state index contributed by atoms with van der Waals surface area (Å²) in [4.78, 5) is 9.51. The minimum Gasteiger partial charge on any atom is -0.363 e. The lowest BCUT2D eigenvalue weighted by molar-refractivity contribution is 0.183. The van der Waals surface area contributed by atoms with Crippen molar-refractivity contribution in [3.05, 3.63) is 17.5 Å². The Labute approximate surface area is 156 Å². The van der Waals surface area contributed by atoms with Gasteiger partial charge in [0, 0.05) is 39.3 Å². The molecule has 2 saturated heterocycles. The SMILES string of the molecule is CCN1CCCC(CNC(=NC)NC2CCN(c3cccs3)CC2)C1. The van der Waals surface area contributed by atoms with E-state index < -0.39 is 0 Å². The molecule has 140 valence electrons. The largest absolute Gasteiger partial charge is 0.363 e. The van der Waals surface area contributed by atoms with Crippen LogP contribution in [-0.2, 0) is 0 Å². The van der Waals surface area contributed by atoms with Gasteiger partial charge < -0.3 is 20.4 Å². The number of hydrogen-bond acceptors (Lipinski definition) is 4. The third kappa shape index (κ3) is 5.35. The third-order valence-electron chi connectivity index (χ3n) is 5.49. The number of hydrogen-bond donors (Lipinski definition) is 2. The van der Waals surface area contributed by atoms with Crippen LogP contribution in [0.5, 0.6) is 0 Å². The van der Waals surface area contributed by atoms with E-state index in [0.717, 1.165) is 31.5 Å². The Kier molecular flexibility index (Phi) is 6.99. The summed E-state index contributed by atoms with van der Waals surface area (Å²) < 4.78 is 0. The van der Waals surface area contributed by atoms with Crippen LogP contribution < -0.4 is 15.5 Å². The zero-order chi connectivity index (χ0) is 17.5. The highest BCUT2D eigenvalue weighted by Crippen LogP contribution is 2.24. The van der Waals surface area contributed by atoms with E-state index in [1.165, 1.54) is 50.3 Å². The molecular weight excluding hydrogens is 330 g/mol. The number of piperidine rings is 2. The van der Waals surface area contributed by atoms with E-state index in [2.05, 4.69) is 49.9 Å². The Hall–Kier alpha value is -1.27. The van der Waals surface area contributed by atoms with Crippen LogP contribution in [-0.4, -0.2) is 63.2 Å². The van der Waals surface area contributed by atoms with Crippen LogP contribution in [0.25, 0.3) is 0 Å². The van der Waals surface area contributed by atoms with Crippen molar-refractivity contribution in [1.82, 2.24) is 15.5 Å². The van der Waals surface area contributed by atoms with Gasteiger partial charge in [-0.3, -0.25) is 4.99 Å². The lowest BCUT2D eigenvalue weighted by atomic mass is 9.98. The lowest BCUT2D eigenvalue weighted by Crippen LogP contribution is -2.50. The van der Waals surface area contributed by atoms with E-state index >= 15 is 0 Å². The molecule has 0 spiro atoms. The standard InChI is InChI=1S/C19H33N5S/c1-3-23-10-4-6-16(15-23)14-21-19(20-2)22-17-8-11-24(12-9-17)18-7-5-13-25-18/h5,7,13,16-17H,3-4,6,8-12,14-15H2,1-2H3,(H2,20,21,22). The second kappa shape index (κ2) is 9.43. The summed E-state index contributed by atoms with van der Waals surface area (Å²) in [6.45, 7) is 9.21. The summed E-state index contributed by atoms with van der Waals surface area (Å²) in [6, 6.07) is 4.89. The minimum absolute atomic E-state index is 0.529. The molecule has 2 aliphatic heterocycles. The van der Waals surface area contributed by atoms with Gasteiger partial charge in [-0.25, -0.2) is 0 Å². The van der Waals surface area contributed by atoms with Gasteiger partial charge in [0.15, 0.2) is 5.96 Å². The molecule has 1 aromatic heterocycles. The van der Waals surface area contributed by atoms with Gasteiger partial charge in [-0.1, -0.05) is 6.92 Å². The first-order chi connectivity index (χ1) is 12.3. The number of thiophene rings is 1. The van der Waals surface area contributed by atoms with Gasteiger partial charge in [0.05, 0.1) is 5.00 Å². The molecular formula is C19H33N5S. The molecule has 0 saturated carbocycles. The molecule has 3 heterocycles. The maximum Gasteiger partial charge on any atom is 0.191 e. The molecule has 0 bridgehead atoms. The first-order valence-electron chi connectivity index (χ1n) is 9.76. The molecule has 1 atom stereocenters. The van der Waals surface area contributed by atoms with Gasteiger partial charge in [0.2, 0.25) is 0 Å². The fourth-order valence-electron chi connectivity index (χ4n) is 3.93. The lowest BCUT2D eigenvalue weighted by Gasteiger charge is -2.34. The van der Waals surface area contributed by atoms with Crippen molar-refractivity contribution >= 4 is 22.3 Å². The molecule has 2 aliphatic rings. The van der Waals surface area contributed by atoms with Crippen molar-refractivity contribution in [2.75, 3.05) is 51.2 Å². The van der Waals surface area contributed by atoms with Crippen molar-refractivity contribution in [2.45, 2.75) is 38.6 Å². The number of rotatable bonds is 5. The fraction of sp³-hybridized carbons (Fsp3) is 0.737. The van der Waals surface area contributed by atoms with Gasteiger partial charge in [0.25, 0.3) is 0 Å². The molecule has 0 amide bonds. The van der Waals surface area contributed by atoms with Crippen molar-refractivity contribution in [1.29, 1.82) is 0 Å². The topological polar surface area (TPSA) is 42.9 Å². The molecule has 5 nitrogen and oxygen atoms in total. The van der Waals surface area contributed by atoms with E-state index in [-0.39, 0.29) is 0 Å². The highest BCUT2D eigenvalue weighted by molar-refractivity contribution is 7.14. The van der Waals surface area contributed by atoms with Crippen LogP contribution in [0.1, 0.15) is 32.6 Å². The maximum atomic E-state index is 4.44. The molecule has 0 aliphatic carbocycles. The number of guanidine groups is 1. The van der Waals surface area contributed by atoms with Crippen LogP contribution >= 0.6 is 11.3 Å². The molecule has 1 unspecified atom stereocenters. The van der Waals surface area contributed by atoms with E-state index in [1.807, 2.05) is 18.4 Å². The zero-order valence-electron chi connectivity index (χ0n) is 15.7. The predicted molar refractivity (Wildman–Crippen MR) is 109 cm³/mol. The molecule has 2 N–H and O–H groups in total. The van der Waals surface area contributed by atoms with Gasteiger partial charge >= 0.3 is 0 Å². The van der Waals surface area contributed by atoms with E-state index in [0.29, 0.717) is 6.04 Å². The predicted octanol–water partition coefficient (Wildman–Crippen LogP) is 2.61. The monoisotopic (exact) mass is 363 g/mol. The van der Waals surface area contributed by atoms with E-state index in [4.69, 9.17) is 0 Å². The van der Waals surface area contributed by atoms with Crippen LogP contribution in [0.15, 0.2) is 22.5 Å². The van der Waals surface area contributed by atoms with Crippen molar-refractivity contribution in [3.63, 3.8) is 0 Å². The van der Waals surface area contributed by atoms with Crippen LogP contribution in [0.2, 0.25) is 0 Å². The number of anilines is 1. The molecule has 6 heteroatoms. The van der Waals surface area contributed by atoms with E-state index in [9.17, 15) is 0 Å². The van der Waals surface area contributed by atoms with Crippen LogP contribution in [0.4, 0.5) is 5.00 Å². The van der Waals surface area contributed by atoms with Gasteiger partial charge in [-0.15, -0.1) is 11.3 Å². The average molecular weight is 364 g/mol. The highest BCUT2D eigenvalue weighted by Gasteiger charge is 2.22. The van der Waals surface area contributed by atoms with Crippen molar-refractivity contribution in [3.8, 4) is 0 Å². The Morgan fingerprint density at radius 2 is 2.12 bits per heavy atom. The zero-order valence-corrected chi connectivity index (χ0v) is 16.5. The third-order valence-corrected chi connectivity index (χ3v) is 6.41. The normalized spacial score (nSPS) is 23.7. The summed E-state index contributed by atoms with van der Waals surface area (Å²) in [6.07, 6.45) is 5.00. The molecule has 25 heavy (non-hydrogen) atoms. The van der Waals surface area contributed by atoms with Crippen LogP contribution in [0.3, 0.4) is 0 Å². The molecule has 3 rings (SSSR count). The van der Waals surface area contributed by atoms with E-state index in [1.54, 1.807) is 0 Å². The first-order valence-corrected chi connectivity index (χ1v) is 10.6. The Balaban J connectivity index is 1.39. The number of nitrogens with one attached hydrogen (secondary N) is 2. The highest BCUT2D eigenvalue weighted by atomic mass is 32.1. The van der Waals surface area contributed by atoms with Crippen molar-refractivity contribution < 1.29 is 0 Å². The smallest absolute Gasteiger partial charge is 0.191 e. The number of aliphatic imine (C=N–C) groups is 1. The summed E-state index contributed by atoms with van der Waals surface area (Å²) in [5.41, 5.74) is 0. The summed E-state index contributed by atoms with van der Waals surface area (Å²) >= 11 is 1.84. The summed E-state index contributed by atoms with van der Waals surface area (Å²) in [5, 5.41) is 10.8. The molecule has 1 aromatic rings. The fourth-order valence-corrected chi connectivity index (χ4v) is 4.71. The quantitative estimate of drug-likeness (QED) is 0.623. The van der Waals surface area contributed by atoms with Crippen molar-refractivity contribution in [2.24, 2.45) is 10.9 Å². The number of likely N-dealkylation sites (tertiary alicyclic amines) is 1. The second-order valence-corrected chi connectivity index (χ2v) is 8.14. The second-order valence-electron chi connectivity index (χ2n) is 7.21. The van der Waals surface area contributed by atoms with Crippen LogP contribution in [0, 0.1) is 5.92 Å². The molecule has 0 aromatic carbocycles. The summed E-state index contributed by atoms with van der Waals surface area (Å²) in [7, 11) is 1.88. The average Bonchev–Trinajstić information content (AvgIpc) is 3.20. The van der Waals surface area contributed by atoms with Gasteiger partial charge in [0.1, 0.15) is 0 Å².